The Labute approximate surface area is 99.3 Å². The molecule has 0 radical (unpaired) electrons. The van der Waals surface area contributed by atoms with Crippen LogP contribution in [0.25, 0.3) is 0 Å². The summed E-state index contributed by atoms with van der Waals surface area (Å²) in [5.41, 5.74) is 1.40. The van der Waals surface area contributed by atoms with E-state index >= 15 is 0 Å². The number of rotatable bonds is 4. The van der Waals surface area contributed by atoms with Crippen LogP contribution >= 0.6 is 0 Å². The maximum Gasteiger partial charge on any atom is 0.0294 e. The Morgan fingerprint density at radius 1 is 1.06 bits per heavy atom. The Morgan fingerprint density at radius 3 is 2.25 bits per heavy atom. The van der Waals surface area contributed by atoms with E-state index in [-0.39, 0.29) is 0 Å². The van der Waals surface area contributed by atoms with Crippen molar-refractivity contribution in [2.75, 3.05) is 0 Å². The van der Waals surface area contributed by atoms with Gasteiger partial charge in [-0.25, -0.2) is 0 Å². The van der Waals surface area contributed by atoms with Crippen LogP contribution in [0.4, 0.5) is 0 Å². The molecule has 88 valence electrons. The quantitative estimate of drug-likeness (QED) is 0.809. The summed E-state index contributed by atoms with van der Waals surface area (Å²) >= 11 is 0. The van der Waals surface area contributed by atoms with Crippen molar-refractivity contribution in [3.8, 4) is 0 Å². The van der Waals surface area contributed by atoms with Crippen molar-refractivity contribution in [1.29, 1.82) is 0 Å². The zero-order valence-electron chi connectivity index (χ0n) is 10.6. The summed E-state index contributed by atoms with van der Waals surface area (Å²) in [5.74, 6) is 1.80. The van der Waals surface area contributed by atoms with Crippen LogP contribution in [0.3, 0.4) is 0 Å². The van der Waals surface area contributed by atoms with Crippen molar-refractivity contribution in [3.05, 3.63) is 35.9 Å². The molecule has 0 bridgehead atoms. The van der Waals surface area contributed by atoms with Crippen LogP contribution in [-0.4, -0.2) is 6.04 Å². The van der Waals surface area contributed by atoms with Gasteiger partial charge in [-0.15, -0.1) is 0 Å². The normalized spacial score (nSPS) is 26.5. The van der Waals surface area contributed by atoms with Gasteiger partial charge in [-0.1, -0.05) is 44.2 Å². The summed E-state index contributed by atoms with van der Waals surface area (Å²) in [6, 6.07) is 11.9. The minimum absolute atomic E-state index is 0.485. The van der Waals surface area contributed by atoms with E-state index in [9.17, 15) is 0 Å². The molecule has 0 amide bonds. The van der Waals surface area contributed by atoms with E-state index in [1.807, 2.05) is 0 Å². The third kappa shape index (κ3) is 2.65. The van der Waals surface area contributed by atoms with Gasteiger partial charge >= 0.3 is 0 Å². The largest absolute Gasteiger partial charge is 0.307 e. The highest BCUT2D eigenvalue weighted by Crippen LogP contribution is 2.34. The zero-order valence-corrected chi connectivity index (χ0v) is 10.6. The molecule has 0 aliphatic heterocycles. The molecule has 1 aliphatic carbocycles. The van der Waals surface area contributed by atoms with Gasteiger partial charge in [0.25, 0.3) is 0 Å². The number of hydrogen-bond donors (Lipinski definition) is 1. The maximum atomic E-state index is 3.72. The molecule has 0 saturated heterocycles. The molecule has 1 aliphatic rings. The number of nitrogens with one attached hydrogen (secondary N) is 1. The molecule has 1 nitrogen and oxygen atoms in total. The molecular formula is C15H23N. The van der Waals surface area contributed by atoms with E-state index in [1.165, 1.54) is 18.4 Å². The smallest absolute Gasteiger partial charge is 0.0294 e. The lowest BCUT2D eigenvalue weighted by Gasteiger charge is -2.40. The average molecular weight is 217 g/mol. The second-order valence-corrected chi connectivity index (χ2v) is 5.47. The summed E-state index contributed by atoms with van der Waals surface area (Å²) in [4.78, 5) is 0. The minimum Gasteiger partial charge on any atom is -0.307 e. The molecule has 0 aromatic heterocycles. The third-order valence-corrected chi connectivity index (χ3v) is 3.90. The van der Waals surface area contributed by atoms with E-state index in [2.05, 4.69) is 56.4 Å². The van der Waals surface area contributed by atoms with Crippen LogP contribution in [0, 0.1) is 11.8 Å². The van der Waals surface area contributed by atoms with Crippen molar-refractivity contribution in [2.45, 2.75) is 45.7 Å². The predicted molar refractivity (Wildman–Crippen MR) is 69.3 cm³/mol. The molecule has 1 aromatic carbocycles. The lowest BCUT2D eigenvalue weighted by atomic mass is 9.73. The van der Waals surface area contributed by atoms with Crippen molar-refractivity contribution in [3.63, 3.8) is 0 Å². The Bertz CT molecular complexity index is 311. The molecule has 1 N–H and O–H groups in total. The van der Waals surface area contributed by atoms with Gasteiger partial charge in [-0.3, -0.25) is 0 Å². The standard InChI is InChI=1S/C15H23N/c1-11(2)14-9-15(10-14)16-12(3)13-7-5-4-6-8-13/h4-8,11-12,14-16H,9-10H2,1-3H3. The van der Waals surface area contributed by atoms with Crippen molar-refractivity contribution >= 4 is 0 Å². The first-order valence-corrected chi connectivity index (χ1v) is 6.48. The second-order valence-electron chi connectivity index (χ2n) is 5.47. The summed E-state index contributed by atoms with van der Waals surface area (Å²) in [5, 5.41) is 3.72. The first kappa shape index (κ1) is 11.7. The Kier molecular flexibility index (Phi) is 3.65. The lowest BCUT2D eigenvalue weighted by Crippen LogP contribution is -2.43. The summed E-state index contributed by atoms with van der Waals surface area (Å²) < 4.78 is 0. The molecule has 2 rings (SSSR count). The van der Waals surface area contributed by atoms with Gasteiger partial charge in [-0.05, 0) is 37.2 Å². The Hall–Kier alpha value is -0.820. The van der Waals surface area contributed by atoms with Crippen molar-refractivity contribution in [1.82, 2.24) is 5.32 Å². The molecule has 0 spiro atoms. The van der Waals surface area contributed by atoms with Crippen LogP contribution in [0.5, 0.6) is 0 Å². The number of hydrogen-bond acceptors (Lipinski definition) is 1. The maximum absolute atomic E-state index is 3.72. The predicted octanol–water partition coefficient (Wildman–Crippen LogP) is 3.77. The molecule has 1 unspecified atom stereocenters. The highest BCUT2D eigenvalue weighted by atomic mass is 15.0. The molecule has 1 fully saturated rings. The van der Waals surface area contributed by atoms with Crippen LogP contribution in [0.1, 0.15) is 45.2 Å². The van der Waals surface area contributed by atoms with Crippen molar-refractivity contribution in [2.24, 2.45) is 11.8 Å². The van der Waals surface area contributed by atoms with Crippen LogP contribution in [0.15, 0.2) is 30.3 Å². The van der Waals surface area contributed by atoms with Gasteiger partial charge in [0.15, 0.2) is 0 Å². The topological polar surface area (TPSA) is 12.0 Å². The molecule has 0 heterocycles. The fraction of sp³-hybridized carbons (Fsp3) is 0.600. The van der Waals surface area contributed by atoms with E-state index < -0.39 is 0 Å². The van der Waals surface area contributed by atoms with E-state index in [0.717, 1.165) is 17.9 Å². The molecule has 1 saturated carbocycles. The van der Waals surface area contributed by atoms with Gasteiger partial charge < -0.3 is 5.32 Å². The van der Waals surface area contributed by atoms with E-state index in [1.54, 1.807) is 0 Å². The van der Waals surface area contributed by atoms with Gasteiger partial charge in [0.1, 0.15) is 0 Å². The summed E-state index contributed by atoms with van der Waals surface area (Å²) in [6.07, 6.45) is 2.71. The first-order valence-electron chi connectivity index (χ1n) is 6.48. The highest BCUT2D eigenvalue weighted by Gasteiger charge is 2.31. The minimum atomic E-state index is 0.485. The van der Waals surface area contributed by atoms with E-state index in [4.69, 9.17) is 0 Å². The van der Waals surface area contributed by atoms with Gasteiger partial charge in [0, 0.05) is 12.1 Å². The fourth-order valence-electron chi connectivity index (χ4n) is 2.53. The zero-order chi connectivity index (χ0) is 11.5. The molecule has 16 heavy (non-hydrogen) atoms. The van der Waals surface area contributed by atoms with Crippen molar-refractivity contribution < 1.29 is 0 Å². The van der Waals surface area contributed by atoms with Crippen LogP contribution < -0.4 is 5.32 Å². The highest BCUT2D eigenvalue weighted by molar-refractivity contribution is 5.18. The van der Waals surface area contributed by atoms with Crippen LogP contribution in [-0.2, 0) is 0 Å². The average Bonchev–Trinajstić information content (AvgIpc) is 2.23. The first-order chi connectivity index (χ1) is 7.66. The van der Waals surface area contributed by atoms with Gasteiger partial charge in [0.05, 0.1) is 0 Å². The monoisotopic (exact) mass is 217 g/mol. The fourth-order valence-corrected chi connectivity index (χ4v) is 2.53. The Morgan fingerprint density at radius 2 is 1.69 bits per heavy atom. The van der Waals surface area contributed by atoms with Gasteiger partial charge in [0.2, 0.25) is 0 Å². The summed E-state index contributed by atoms with van der Waals surface area (Å²) in [6.45, 7) is 6.93. The molecule has 1 atom stereocenters. The lowest BCUT2D eigenvalue weighted by molar-refractivity contribution is 0.159. The summed E-state index contributed by atoms with van der Waals surface area (Å²) in [7, 11) is 0. The molecule has 1 aromatic rings. The van der Waals surface area contributed by atoms with Crippen LogP contribution in [0.2, 0.25) is 0 Å². The SMILES string of the molecule is CC(NC1CC(C(C)C)C1)c1ccccc1. The second kappa shape index (κ2) is 5.01. The third-order valence-electron chi connectivity index (χ3n) is 3.90. The molecule has 1 heteroatoms. The molecular weight excluding hydrogens is 194 g/mol. The number of benzene rings is 1. The van der Waals surface area contributed by atoms with Gasteiger partial charge in [-0.2, -0.15) is 0 Å². The Balaban J connectivity index is 1.80. The van der Waals surface area contributed by atoms with E-state index in [0.29, 0.717) is 6.04 Å².